The quantitative estimate of drug-likeness (QED) is 0.346. The Kier molecular flexibility index (Phi) is 7.98. The Hall–Kier alpha value is -2.34. The Labute approximate surface area is 145 Å². The van der Waals surface area contributed by atoms with E-state index in [9.17, 15) is 14.7 Å². The predicted octanol–water partition coefficient (Wildman–Crippen LogP) is 4.00. The molecule has 0 aliphatic heterocycles. The lowest BCUT2D eigenvalue weighted by atomic mass is 10.2. The van der Waals surface area contributed by atoms with Gasteiger partial charge in [-0.05, 0) is 32.4 Å². The van der Waals surface area contributed by atoms with E-state index in [4.69, 9.17) is 21.1 Å². The number of halogens is 1. The highest BCUT2D eigenvalue weighted by molar-refractivity contribution is 6.36. The van der Waals surface area contributed by atoms with Gasteiger partial charge in [0.15, 0.2) is 0 Å². The molecule has 130 valence electrons. The number of carbonyl (C=O) groups excluding carboxylic acids is 2. The number of benzene rings is 1. The summed E-state index contributed by atoms with van der Waals surface area (Å²) in [6, 6.07) is 4.70. The topological polar surface area (TPSA) is 85.2 Å². The van der Waals surface area contributed by atoms with E-state index < -0.39 is 11.9 Å². The molecule has 6 nitrogen and oxygen atoms in total. The van der Waals surface area contributed by atoms with Crippen molar-refractivity contribution >= 4 is 35.4 Å². The summed E-state index contributed by atoms with van der Waals surface area (Å²) < 4.78 is 9.88. The van der Waals surface area contributed by atoms with Crippen molar-refractivity contribution in [2.24, 2.45) is 4.99 Å². The molecule has 1 N–H and O–H groups in total. The second kappa shape index (κ2) is 9.72. The van der Waals surface area contributed by atoms with Crippen molar-refractivity contribution in [1.82, 2.24) is 0 Å². The Balaban J connectivity index is 3.09. The molecule has 0 atom stereocenters. The summed E-state index contributed by atoms with van der Waals surface area (Å²) >= 11 is 6.18. The maximum absolute atomic E-state index is 11.9. The zero-order chi connectivity index (χ0) is 18.1. The minimum absolute atomic E-state index is 0.0909. The minimum Gasteiger partial charge on any atom is -0.512 e. The molecule has 0 saturated carbocycles. The SMILES string of the molecule is CCCOC(=O)c1cccc(N=CC(C(=O)OCC)=C(C)O)c1Cl. The third kappa shape index (κ3) is 5.38. The van der Waals surface area contributed by atoms with Crippen LogP contribution in [0.3, 0.4) is 0 Å². The monoisotopic (exact) mass is 353 g/mol. The van der Waals surface area contributed by atoms with Gasteiger partial charge in [0.05, 0.1) is 29.5 Å². The molecule has 0 fully saturated rings. The maximum Gasteiger partial charge on any atom is 0.343 e. The van der Waals surface area contributed by atoms with Crippen molar-refractivity contribution in [3.8, 4) is 0 Å². The fourth-order valence-corrected chi connectivity index (χ4v) is 1.94. The van der Waals surface area contributed by atoms with E-state index in [-0.39, 0.29) is 34.2 Å². The van der Waals surface area contributed by atoms with Crippen LogP contribution in [0.4, 0.5) is 5.69 Å². The number of aliphatic hydroxyl groups excluding tert-OH is 1. The van der Waals surface area contributed by atoms with Crippen LogP contribution in [0.15, 0.2) is 34.5 Å². The summed E-state index contributed by atoms with van der Waals surface area (Å²) in [5.74, 6) is -1.47. The van der Waals surface area contributed by atoms with E-state index in [1.165, 1.54) is 13.0 Å². The van der Waals surface area contributed by atoms with Gasteiger partial charge in [-0.1, -0.05) is 24.6 Å². The van der Waals surface area contributed by atoms with Crippen LogP contribution in [0.25, 0.3) is 0 Å². The molecule has 7 heteroatoms. The molecule has 1 aromatic carbocycles. The van der Waals surface area contributed by atoms with Gasteiger partial charge in [-0.2, -0.15) is 0 Å². The van der Waals surface area contributed by atoms with E-state index in [2.05, 4.69) is 4.99 Å². The smallest absolute Gasteiger partial charge is 0.343 e. The molecule has 1 rings (SSSR count). The minimum atomic E-state index is -0.698. The first-order chi connectivity index (χ1) is 11.4. The first kappa shape index (κ1) is 19.7. The van der Waals surface area contributed by atoms with Gasteiger partial charge in [-0.15, -0.1) is 0 Å². The lowest BCUT2D eigenvalue weighted by Gasteiger charge is -2.07. The zero-order valence-corrected chi connectivity index (χ0v) is 14.6. The number of aliphatic imine (C=N–C) groups is 1. The van der Waals surface area contributed by atoms with Gasteiger partial charge >= 0.3 is 11.9 Å². The number of carbonyl (C=O) groups is 2. The third-order valence-corrected chi connectivity index (χ3v) is 3.25. The summed E-state index contributed by atoms with van der Waals surface area (Å²) in [6.07, 6.45) is 1.85. The van der Waals surface area contributed by atoms with Gasteiger partial charge in [0, 0.05) is 6.21 Å². The second-order valence-corrected chi connectivity index (χ2v) is 5.13. The van der Waals surface area contributed by atoms with Crippen LogP contribution < -0.4 is 0 Å². The normalized spacial score (nSPS) is 12.0. The van der Waals surface area contributed by atoms with E-state index in [0.29, 0.717) is 13.0 Å². The van der Waals surface area contributed by atoms with Gasteiger partial charge in [0.1, 0.15) is 11.3 Å². The van der Waals surface area contributed by atoms with E-state index >= 15 is 0 Å². The summed E-state index contributed by atoms with van der Waals surface area (Å²) in [4.78, 5) is 27.8. The predicted molar refractivity (Wildman–Crippen MR) is 92.1 cm³/mol. The van der Waals surface area contributed by atoms with Gasteiger partial charge < -0.3 is 14.6 Å². The summed E-state index contributed by atoms with van der Waals surface area (Å²) in [5.41, 5.74) is 0.361. The second-order valence-electron chi connectivity index (χ2n) is 4.75. The van der Waals surface area contributed by atoms with Crippen LogP contribution in [-0.4, -0.2) is 36.5 Å². The molecular formula is C17H20ClNO5. The number of aliphatic hydroxyl groups is 1. The van der Waals surface area contributed by atoms with Crippen molar-refractivity contribution in [1.29, 1.82) is 0 Å². The Morgan fingerprint density at radius 2 is 2.00 bits per heavy atom. The zero-order valence-electron chi connectivity index (χ0n) is 13.8. The molecule has 0 unspecified atom stereocenters. The number of hydrogen-bond donors (Lipinski definition) is 1. The molecule has 0 bridgehead atoms. The molecule has 1 aromatic rings. The fourth-order valence-electron chi connectivity index (χ4n) is 1.69. The largest absolute Gasteiger partial charge is 0.512 e. The van der Waals surface area contributed by atoms with Gasteiger partial charge in [0.25, 0.3) is 0 Å². The first-order valence-electron chi connectivity index (χ1n) is 7.49. The van der Waals surface area contributed by atoms with Crippen LogP contribution >= 0.6 is 11.6 Å². The Morgan fingerprint density at radius 3 is 2.58 bits per heavy atom. The molecule has 0 aliphatic rings. The van der Waals surface area contributed by atoms with Gasteiger partial charge in [-0.3, -0.25) is 4.99 Å². The molecule has 0 radical (unpaired) electrons. The van der Waals surface area contributed by atoms with Crippen LogP contribution in [-0.2, 0) is 14.3 Å². The van der Waals surface area contributed by atoms with Gasteiger partial charge in [-0.25, -0.2) is 9.59 Å². The van der Waals surface area contributed by atoms with Crippen molar-refractivity contribution in [2.45, 2.75) is 27.2 Å². The number of hydrogen-bond acceptors (Lipinski definition) is 6. The third-order valence-electron chi connectivity index (χ3n) is 2.85. The van der Waals surface area contributed by atoms with E-state index in [0.717, 1.165) is 6.21 Å². The Bertz CT molecular complexity index is 663. The molecule has 24 heavy (non-hydrogen) atoms. The number of nitrogens with zero attached hydrogens (tertiary/aromatic N) is 1. The lowest BCUT2D eigenvalue weighted by molar-refractivity contribution is -0.138. The summed E-state index contributed by atoms with van der Waals surface area (Å²) in [6.45, 7) is 5.35. The Morgan fingerprint density at radius 1 is 1.29 bits per heavy atom. The highest BCUT2D eigenvalue weighted by atomic mass is 35.5. The fraction of sp³-hybridized carbons (Fsp3) is 0.353. The van der Waals surface area contributed by atoms with Crippen molar-refractivity contribution in [2.75, 3.05) is 13.2 Å². The number of esters is 2. The number of allylic oxidation sites excluding steroid dienone is 1. The summed E-state index contributed by atoms with van der Waals surface area (Å²) in [7, 11) is 0. The maximum atomic E-state index is 11.9. The van der Waals surface area contributed by atoms with Crippen molar-refractivity contribution in [3.05, 3.63) is 40.1 Å². The number of rotatable bonds is 7. The molecular weight excluding hydrogens is 334 g/mol. The van der Waals surface area contributed by atoms with E-state index in [1.54, 1.807) is 19.1 Å². The molecule has 0 aliphatic carbocycles. The average molecular weight is 354 g/mol. The lowest BCUT2D eigenvalue weighted by Crippen LogP contribution is -2.10. The molecule has 0 amide bonds. The van der Waals surface area contributed by atoms with Gasteiger partial charge in [0.2, 0.25) is 0 Å². The van der Waals surface area contributed by atoms with E-state index in [1.807, 2.05) is 6.92 Å². The van der Waals surface area contributed by atoms with Crippen LogP contribution in [0.2, 0.25) is 5.02 Å². The molecule has 0 heterocycles. The molecule has 0 spiro atoms. The van der Waals surface area contributed by atoms with Crippen LogP contribution in [0, 0.1) is 0 Å². The number of ether oxygens (including phenoxy) is 2. The van der Waals surface area contributed by atoms with Crippen LogP contribution in [0.1, 0.15) is 37.6 Å². The van der Waals surface area contributed by atoms with Crippen molar-refractivity contribution in [3.63, 3.8) is 0 Å². The van der Waals surface area contributed by atoms with Crippen LogP contribution in [0.5, 0.6) is 0 Å². The highest BCUT2D eigenvalue weighted by Gasteiger charge is 2.15. The standard InChI is InChI=1S/C17H20ClNO5/c1-4-9-24-16(21)12-7-6-8-14(15(12)18)19-10-13(11(3)20)17(22)23-5-2/h6-8,10,20H,4-5,9H2,1-3H3. The molecule has 0 aromatic heterocycles. The first-order valence-corrected chi connectivity index (χ1v) is 7.86. The van der Waals surface area contributed by atoms with Crippen molar-refractivity contribution < 1.29 is 24.2 Å². The molecule has 0 saturated heterocycles. The average Bonchev–Trinajstić information content (AvgIpc) is 2.54. The summed E-state index contributed by atoms with van der Waals surface area (Å²) in [5, 5.41) is 9.68. The highest BCUT2D eigenvalue weighted by Crippen LogP contribution is 2.29.